The van der Waals surface area contributed by atoms with Crippen molar-refractivity contribution in [2.24, 2.45) is 5.92 Å². The number of amides is 1. The average Bonchev–Trinajstić information content (AvgIpc) is 3.15. The SMILES string of the molecule is O=C(NCCSC1CCCC1)C1CCN(Cc2ccc(Br)cc2)CC1. The Morgan fingerprint density at radius 3 is 2.48 bits per heavy atom. The maximum absolute atomic E-state index is 12.4. The molecule has 1 saturated heterocycles. The maximum atomic E-state index is 12.4. The van der Waals surface area contributed by atoms with Crippen LogP contribution in [0.5, 0.6) is 0 Å². The van der Waals surface area contributed by atoms with Gasteiger partial charge < -0.3 is 5.32 Å². The number of rotatable bonds is 7. The molecule has 0 bridgehead atoms. The molecule has 0 spiro atoms. The second-order valence-corrected chi connectivity index (χ2v) is 9.57. The summed E-state index contributed by atoms with van der Waals surface area (Å²) in [6.45, 7) is 3.86. The molecule has 0 atom stereocenters. The van der Waals surface area contributed by atoms with E-state index in [2.05, 4.69) is 50.4 Å². The van der Waals surface area contributed by atoms with Crippen LogP contribution in [-0.2, 0) is 11.3 Å². The number of thioether (sulfide) groups is 1. The van der Waals surface area contributed by atoms with Crippen molar-refractivity contribution in [3.8, 4) is 0 Å². The molecule has 3 nitrogen and oxygen atoms in total. The predicted octanol–water partition coefficient (Wildman–Crippen LogP) is 4.45. The van der Waals surface area contributed by atoms with Gasteiger partial charge in [-0.25, -0.2) is 0 Å². The van der Waals surface area contributed by atoms with E-state index in [0.29, 0.717) is 0 Å². The van der Waals surface area contributed by atoms with Gasteiger partial charge in [0.15, 0.2) is 0 Å². The molecule has 1 amide bonds. The highest BCUT2D eigenvalue weighted by Crippen LogP contribution is 2.29. The van der Waals surface area contributed by atoms with E-state index in [1.165, 1.54) is 31.2 Å². The van der Waals surface area contributed by atoms with Crippen LogP contribution in [0.2, 0.25) is 0 Å². The van der Waals surface area contributed by atoms with Crippen LogP contribution in [0.1, 0.15) is 44.1 Å². The van der Waals surface area contributed by atoms with Crippen molar-refractivity contribution < 1.29 is 4.79 Å². The normalized spacial score (nSPS) is 20.0. The average molecular weight is 425 g/mol. The zero-order valence-corrected chi connectivity index (χ0v) is 17.3. The first-order valence-electron chi connectivity index (χ1n) is 9.57. The molecule has 1 saturated carbocycles. The van der Waals surface area contributed by atoms with Gasteiger partial charge in [-0.05, 0) is 56.5 Å². The lowest BCUT2D eigenvalue weighted by atomic mass is 9.95. The van der Waals surface area contributed by atoms with Crippen molar-refractivity contribution in [2.45, 2.75) is 50.3 Å². The molecule has 2 aliphatic rings. The Kier molecular flexibility index (Phi) is 7.68. The van der Waals surface area contributed by atoms with Crippen LogP contribution in [0.15, 0.2) is 28.7 Å². The molecule has 1 aliphatic carbocycles. The summed E-state index contributed by atoms with van der Waals surface area (Å²) in [5.41, 5.74) is 1.34. The van der Waals surface area contributed by atoms with Gasteiger partial charge in [0.25, 0.3) is 0 Å². The summed E-state index contributed by atoms with van der Waals surface area (Å²) in [6, 6.07) is 8.54. The molecule has 1 aromatic carbocycles. The third-order valence-corrected chi connectivity index (χ3v) is 7.25. The monoisotopic (exact) mass is 424 g/mol. The topological polar surface area (TPSA) is 32.3 Å². The minimum absolute atomic E-state index is 0.206. The summed E-state index contributed by atoms with van der Waals surface area (Å²) in [5.74, 6) is 1.55. The molecule has 25 heavy (non-hydrogen) atoms. The Morgan fingerprint density at radius 1 is 1.12 bits per heavy atom. The summed E-state index contributed by atoms with van der Waals surface area (Å²) in [7, 11) is 0. The third kappa shape index (κ3) is 6.30. The zero-order chi connectivity index (χ0) is 17.5. The number of likely N-dealkylation sites (tertiary alicyclic amines) is 1. The number of carbonyl (C=O) groups excluding carboxylic acids is 1. The van der Waals surface area contributed by atoms with Gasteiger partial charge in [-0.1, -0.05) is 40.9 Å². The number of nitrogens with one attached hydrogen (secondary N) is 1. The van der Waals surface area contributed by atoms with E-state index in [9.17, 15) is 4.79 Å². The number of halogens is 1. The maximum Gasteiger partial charge on any atom is 0.223 e. The van der Waals surface area contributed by atoms with Gasteiger partial charge in [-0.2, -0.15) is 11.8 Å². The number of carbonyl (C=O) groups is 1. The number of benzene rings is 1. The van der Waals surface area contributed by atoms with Crippen molar-refractivity contribution in [3.63, 3.8) is 0 Å². The lowest BCUT2D eigenvalue weighted by Crippen LogP contribution is -2.40. The molecule has 1 heterocycles. The fourth-order valence-corrected chi connectivity index (χ4v) is 5.28. The highest BCUT2D eigenvalue weighted by atomic mass is 79.9. The number of nitrogens with zero attached hydrogens (tertiary/aromatic N) is 1. The summed E-state index contributed by atoms with van der Waals surface area (Å²) >= 11 is 5.53. The minimum atomic E-state index is 0.206. The lowest BCUT2D eigenvalue weighted by molar-refractivity contribution is -0.126. The Hall–Kier alpha value is -0.520. The number of hydrogen-bond acceptors (Lipinski definition) is 3. The highest BCUT2D eigenvalue weighted by Gasteiger charge is 2.24. The van der Waals surface area contributed by atoms with Gasteiger partial charge in [-0.3, -0.25) is 9.69 Å². The molecule has 0 radical (unpaired) electrons. The first kappa shape index (κ1) is 19.2. The van der Waals surface area contributed by atoms with Crippen LogP contribution in [0.3, 0.4) is 0 Å². The first-order valence-corrected chi connectivity index (χ1v) is 11.4. The molecule has 1 N–H and O–H groups in total. The molecule has 0 aromatic heterocycles. The summed E-state index contributed by atoms with van der Waals surface area (Å²) in [6.07, 6.45) is 7.49. The molecule has 1 aromatic rings. The van der Waals surface area contributed by atoms with Crippen LogP contribution in [-0.4, -0.2) is 41.4 Å². The molecular weight excluding hydrogens is 396 g/mol. The van der Waals surface area contributed by atoms with Crippen molar-refractivity contribution in [3.05, 3.63) is 34.3 Å². The second kappa shape index (κ2) is 9.98. The highest BCUT2D eigenvalue weighted by molar-refractivity contribution is 9.10. The molecule has 5 heteroatoms. The van der Waals surface area contributed by atoms with Crippen LogP contribution in [0.4, 0.5) is 0 Å². The third-order valence-electron chi connectivity index (χ3n) is 5.33. The Labute approximate surface area is 164 Å². The van der Waals surface area contributed by atoms with E-state index in [1.54, 1.807) is 0 Å². The van der Waals surface area contributed by atoms with Crippen LogP contribution in [0.25, 0.3) is 0 Å². The van der Waals surface area contributed by atoms with E-state index in [-0.39, 0.29) is 11.8 Å². The minimum Gasteiger partial charge on any atom is -0.355 e. The van der Waals surface area contributed by atoms with Crippen molar-refractivity contribution >= 4 is 33.6 Å². The van der Waals surface area contributed by atoms with E-state index < -0.39 is 0 Å². The van der Waals surface area contributed by atoms with Gasteiger partial charge in [0, 0.05) is 34.5 Å². The quantitative estimate of drug-likeness (QED) is 0.655. The second-order valence-electron chi connectivity index (χ2n) is 7.25. The molecular formula is C20H29BrN2OS. The zero-order valence-electron chi connectivity index (χ0n) is 14.9. The largest absolute Gasteiger partial charge is 0.355 e. The molecule has 1 aliphatic heterocycles. The van der Waals surface area contributed by atoms with Gasteiger partial charge in [0.2, 0.25) is 5.91 Å². The molecule has 0 unspecified atom stereocenters. The van der Waals surface area contributed by atoms with E-state index in [4.69, 9.17) is 0 Å². The molecule has 138 valence electrons. The van der Waals surface area contributed by atoms with E-state index >= 15 is 0 Å². The smallest absolute Gasteiger partial charge is 0.223 e. The van der Waals surface area contributed by atoms with Crippen LogP contribution < -0.4 is 5.32 Å². The molecule has 3 rings (SSSR count). The summed E-state index contributed by atoms with van der Waals surface area (Å²) in [4.78, 5) is 14.8. The van der Waals surface area contributed by atoms with Gasteiger partial charge in [-0.15, -0.1) is 0 Å². The fraction of sp³-hybridized carbons (Fsp3) is 0.650. The van der Waals surface area contributed by atoms with Crippen molar-refractivity contribution in [1.82, 2.24) is 10.2 Å². The summed E-state index contributed by atoms with van der Waals surface area (Å²) in [5, 5.41) is 4.01. The van der Waals surface area contributed by atoms with Crippen LogP contribution in [0, 0.1) is 5.92 Å². The Balaban J connectivity index is 1.31. The standard InChI is InChI=1S/C20H29BrN2OS/c21-18-7-5-16(6-8-18)15-23-12-9-17(10-13-23)20(24)22-11-14-25-19-3-1-2-4-19/h5-8,17,19H,1-4,9-15H2,(H,22,24). The van der Waals surface area contributed by atoms with E-state index in [1.807, 2.05) is 11.8 Å². The predicted molar refractivity (Wildman–Crippen MR) is 110 cm³/mol. The first-order chi connectivity index (χ1) is 12.2. The van der Waals surface area contributed by atoms with Crippen LogP contribution >= 0.6 is 27.7 Å². The van der Waals surface area contributed by atoms with Gasteiger partial charge in [0.1, 0.15) is 0 Å². The van der Waals surface area contributed by atoms with Crippen molar-refractivity contribution in [2.75, 3.05) is 25.4 Å². The van der Waals surface area contributed by atoms with Gasteiger partial charge in [0.05, 0.1) is 0 Å². The van der Waals surface area contributed by atoms with E-state index in [0.717, 1.165) is 54.5 Å². The summed E-state index contributed by atoms with van der Waals surface area (Å²) < 4.78 is 1.12. The number of piperidine rings is 1. The Bertz CT molecular complexity index is 537. The number of hydrogen-bond donors (Lipinski definition) is 1. The van der Waals surface area contributed by atoms with Crippen molar-refractivity contribution in [1.29, 1.82) is 0 Å². The molecule has 2 fully saturated rings. The van der Waals surface area contributed by atoms with Gasteiger partial charge >= 0.3 is 0 Å². The fourth-order valence-electron chi connectivity index (χ4n) is 3.80. The Morgan fingerprint density at radius 2 is 1.80 bits per heavy atom. The lowest BCUT2D eigenvalue weighted by Gasteiger charge is -2.31.